The van der Waals surface area contributed by atoms with Crippen LogP contribution in [0.2, 0.25) is 0 Å². The number of benzene rings is 1. The number of rotatable bonds is 6. The summed E-state index contributed by atoms with van der Waals surface area (Å²) >= 11 is 0. The highest BCUT2D eigenvalue weighted by molar-refractivity contribution is 5.98. The Hall–Kier alpha value is -3.33. The van der Waals surface area contributed by atoms with Gasteiger partial charge in [0.05, 0.1) is 17.6 Å². The van der Waals surface area contributed by atoms with E-state index >= 15 is 0 Å². The minimum atomic E-state index is -0.505. The van der Waals surface area contributed by atoms with Crippen LogP contribution in [-0.4, -0.2) is 78.6 Å². The lowest BCUT2D eigenvalue weighted by atomic mass is 9.90. The summed E-state index contributed by atoms with van der Waals surface area (Å²) in [7, 11) is 1.87. The van der Waals surface area contributed by atoms with Crippen LogP contribution in [0.25, 0.3) is 0 Å². The molecule has 4 N–H and O–H groups in total. The zero-order valence-electron chi connectivity index (χ0n) is 20.8. The van der Waals surface area contributed by atoms with Crippen LogP contribution >= 0.6 is 0 Å². The number of urea groups is 1. The lowest BCUT2D eigenvalue weighted by molar-refractivity contribution is 0.100. The van der Waals surface area contributed by atoms with Crippen molar-refractivity contribution in [1.29, 1.82) is 0 Å². The second kappa shape index (κ2) is 9.28. The Bertz CT molecular complexity index is 1150. The van der Waals surface area contributed by atoms with E-state index in [-0.39, 0.29) is 18.1 Å². The summed E-state index contributed by atoms with van der Waals surface area (Å²) < 4.78 is 0. The van der Waals surface area contributed by atoms with Gasteiger partial charge in [0.2, 0.25) is 0 Å². The Morgan fingerprint density at radius 3 is 2.39 bits per heavy atom. The number of hydrogen-bond acceptors (Lipinski definition) is 6. The molecule has 0 spiro atoms. The molecule has 4 aliphatic rings. The van der Waals surface area contributed by atoms with Crippen LogP contribution in [0.3, 0.4) is 0 Å². The zero-order valence-corrected chi connectivity index (χ0v) is 20.8. The zero-order chi connectivity index (χ0) is 24.8. The molecule has 3 atom stereocenters. The fourth-order valence-corrected chi connectivity index (χ4v) is 6.60. The van der Waals surface area contributed by atoms with E-state index in [9.17, 15) is 9.59 Å². The van der Waals surface area contributed by atoms with Gasteiger partial charge in [-0.1, -0.05) is 12.1 Å². The lowest BCUT2D eigenvalue weighted by Crippen LogP contribution is -2.51. The average molecular weight is 490 g/mol. The van der Waals surface area contributed by atoms with Gasteiger partial charge in [-0.25, -0.2) is 9.78 Å². The summed E-state index contributed by atoms with van der Waals surface area (Å²) in [6, 6.07) is 12.7. The molecule has 1 saturated carbocycles. The van der Waals surface area contributed by atoms with Crippen molar-refractivity contribution in [1.82, 2.24) is 20.1 Å². The van der Waals surface area contributed by atoms with Crippen LogP contribution in [0.1, 0.15) is 47.5 Å². The minimum Gasteiger partial charge on any atom is -0.365 e. The summed E-state index contributed by atoms with van der Waals surface area (Å²) in [5.41, 5.74) is 8.30. The average Bonchev–Trinajstić information content (AvgIpc) is 3.60. The first kappa shape index (κ1) is 23.1. The summed E-state index contributed by atoms with van der Waals surface area (Å²) in [4.78, 5) is 35.9. The largest absolute Gasteiger partial charge is 0.365 e. The highest BCUT2D eigenvalue weighted by Crippen LogP contribution is 2.43. The lowest BCUT2D eigenvalue weighted by Gasteiger charge is -2.38. The molecule has 2 bridgehead atoms. The Labute approximate surface area is 212 Å². The molecule has 4 fully saturated rings. The summed E-state index contributed by atoms with van der Waals surface area (Å²) in [6.07, 6.45) is 4.42. The predicted molar refractivity (Wildman–Crippen MR) is 140 cm³/mol. The molecule has 1 aliphatic carbocycles. The molecule has 3 unspecified atom stereocenters. The molecule has 9 heteroatoms. The normalized spacial score (nSPS) is 26.2. The monoisotopic (exact) mass is 489 g/mol. The van der Waals surface area contributed by atoms with Crippen molar-refractivity contribution >= 4 is 29.3 Å². The molecule has 3 aliphatic heterocycles. The van der Waals surface area contributed by atoms with Crippen molar-refractivity contribution in [2.24, 2.45) is 11.7 Å². The fraction of sp³-hybridized carbons (Fsp3) is 0.519. The van der Waals surface area contributed by atoms with Crippen LogP contribution < -0.4 is 21.3 Å². The first-order chi connectivity index (χ1) is 17.5. The molecule has 9 nitrogen and oxygen atoms in total. The van der Waals surface area contributed by atoms with Gasteiger partial charge in [-0.05, 0) is 80.4 Å². The number of primary amides is 1. The number of hydrogen-bond donors (Lipinski definition) is 3. The van der Waals surface area contributed by atoms with E-state index < -0.39 is 5.91 Å². The number of amides is 3. The van der Waals surface area contributed by atoms with Gasteiger partial charge in [-0.3, -0.25) is 4.79 Å². The van der Waals surface area contributed by atoms with Crippen molar-refractivity contribution < 1.29 is 9.59 Å². The SMILES string of the molecule is CN1CCN(C2CC3CC2N(c2ccc(C(N)=O)c(Nc4ccc(C5CCNCC5)cc4)n2)C3)C1=O. The van der Waals surface area contributed by atoms with Gasteiger partial charge in [0.1, 0.15) is 11.6 Å². The molecule has 36 heavy (non-hydrogen) atoms. The second-order valence-electron chi connectivity index (χ2n) is 10.7. The smallest absolute Gasteiger partial charge is 0.320 e. The molecule has 2 aromatic rings. The number of fused-ring (bicyclic) bond motifs is 2. The third-order valence-corrected chi connectivity index (χ3v) is 8.52. The number of nitrogens with two attached hydrogens (primary N) is 1. The highest BCUT2D eigenvalue weighted by Gasteiger charge is 2.50. The summed E-state index contributed by atoms with van der Waals surface area (Å²) in [5, 5.41) is 6.77. The number of anilines is 3. The first-order valence-electron chi connectivity index (χ1n) is 13.1. The fourth-order valence-electron chi connectivity index (χ4n) is 6.60. The third kappa shape index (κ3) is 4.15. The minimum absolute atomic E-state index is 0.125. The molecule has 3 saturated heterocycles. The van der Waals surface area contributed by atoms with Crippen molar-refractivity contribution in [3.05, 3.63) is 47.5 Å². The third-order valence-electron chi connectivity index (χ3n) is 8.52. The topological polar surface area (TPSA) is 107 Å². The van der Waals surface area contributed by atoms with Gasteiger partial charge >= 0.3 is 6.03 Å². The van der Waals surface area contributed by atoms with Gasteiger partial charge in [-0.2, -0.15) is 0 Å². The van der Waals surface area contributed by atoms with Crippen LogP contribution in [0, 0.1) is 5.92 Å². The maximum absolute atomic E-state index is 12.7. The van der Waals surface area contributed by atoms with Gasteiger partial charge in [-0.15, -0.1) is 0 Å². The highest BCUT2D eigenvalue weighted by atomic mass is 16.2. The Balaban J connectivity index is 1.23. The maximum Gasteiger partial charge on any atom is 0.320 e. The molecule has 0 radical (unpaired) electrons. The molecule has 1 aromatic carbocycles. The molecular weight excluding hydrogens is 454 g/mol. The standard InChI is InChI=1S/C27H35N7O2/c1-32-12-13-33(27(32)36)22-14-17-15-23(22)34(16-17)24-7-6-21(25(28)35)26(31-24)30-20-4-2-18(3-5-20)19-8-10-29-11-9-19/h2-7,17,19,22-23,29H,8-16H2,1H3,(H2,28,35)(H,30,31). The Morgan fingerprint density at radius 2 is 1.75 bits per heavy atom. The number of carbonyl (C=O) groups excluding carboxylic acids is 2. The predicted octanol–water partition coefficient (Wildman–Crippen LogP) is 2.73. The van der Waals surface area contributed by atoms with E-state index in [0.29, 0.717) is 23.2 Å². The molecule has 3 amide bonds. The number of nitrogens with one attached hydrogen (secondary N) is 2. The second-order valence-corrected chi connectivity index (χ2v) is 10.7. The molecular formula is C27H35N7O2. The molecule has 190 valence electrons. The van der Waals surface area contributed by atoms with Gasteiger partial charge in [0, 0.05) is 32.4 Å². The Morgan fingerprint density at radius 1 is 1.03 bits per heavy atom. The van der Waals surface area contributed by atoms with Crippen molar-refractivity contribution in [3.63, 3.8) is 0 Å². The number of piperidine rings is 2. The van der Waals surface area contributed by atoms with Gasteiger partial charge in [0.15, 0.2) is 0 Å². The molecule has 1 aromatic heterocycles. The van der Waals surface area contributed by atoms with Crippen LogP contribution in [0.5, 0.6) is 0 Å². The number of nitrogens with zero attached hydrogens (tertiary/aromatic N) is 4. The van der Waals surface area contributed by atoms with E-state index in [1.165, 1.54) is 5.56 Å². The van der Waals surface area contributed by atoms with Crippen LogP contribution in [0.15, 0.2) is 36.4 Å². The van der Waals surface area contributed by atoms with Gasteiger partial charge in [0.25, 0.3) is 5.91 Å². The van der Waals surface area contributed by atoms with E-state index in [4.69, 9.17) is 10.7 Å². The van der Waals surface area contributed by atoms with E-state index in [2.05, 4.69) is 39.8 Å². The maximum atomic E-state index is 12.7. The summed E-state index contributed by atoms with van der Waals surface area (Å²) in [5.74, 6) is 1.94. The van der Waals surface area contributed by atoms with Crippen molar-refractivity contribution in [3.8, 4) is 0 Å². The Kier molecular flexibility index (Phi) is 5.95. The molecule has 4 heterocycles. The first-order valence-corrected chi connectivity index (χ1v) is 13.1. The quantitative estimate of drug-likeness (QED) is 0.576. The van der Waals surface area contributed by atoms with Crippen molar-refractivity contribution in [2.75, 3.05) is 50.0 Å². The number of aromatic nitrogens is 1. The van der Waals surface area contributed by atoms with Crippen LogP contribution in [0.4, 0.5) is 22.1 Å². The van der Waals surface area contributed by atoms with E-state index in [1.54, 1.807) is 11.0 Å². The number of carbonyl (C=O) groups is 2. The van der Waals surface area contributed by atoms with E-state index in [0.717, 1.165) is 69.9 Å². The number of likely N-dealkylation sites (N-methyl/N-ethyl adjacent to an activating group) is 1. The van der Waals surface area contributed by atoms with Crippen LogP contribution in [-0.2, 0) is 0 Å². The van der Waals surface area contributed by atoms with Crippen molar-refractivity contribution in [2.45, 2.75) is 43.7 Å². The van der Waals surface area contributed by atoms with Gasteiger partial charge < -0.3 is 31.1 Å². The summed E-state index contributed by atoms with van der Waals surface area (Å²) in [6.45, 7) is 4.61. The van der Waals surface area contributed by atoms with E-state index in [1.807, 2.05) is 18.0 Å². The molecule has 6 rings (SSSR count). The number of pyridine rings is 1.